The van der Waals surface area contributed by atoms with Crippen molar-refractivity contribution < 1.29 is 19.0 Å². The Kier molecular flexibility index (Phi) is 6.62. The molecule has 0 aliphatic carbocycles. The van der Waals surface area contributed by atoms with E-state index in [0.29, 0.717) is 43.2 Å². The van der Waals surface area contributed by atoms with Crippen LogP contribution in [0.5, 0.6) is 11.5 Å². The van der Waals surface area contributed by atoms with Crippen LogP contribution < -0.4 is 14.8 Å². The molecule has 0 spiro atoms. The molecule has 0 aliphatic rings. The van der Waals surface area contributed by atoms with Crippen molar-refractivity contribution in [1.82, 2.24) is 9.78 Å². The van der Waals surface area contributed by atoms with Gasteiger partial charge in [0.2, 0.25) is 5.91 Å². The molecule has 7 nitrogen and oxygen atoms in total. The van der Waals surface area contributed by atoms with Crippen molar-refractivity contribution in [3.05, 3.63) is 36.2 Å². The molecule has 0 fully saturated rings. The van der Waals surface area contributed by atoms with E-state index in [2.05, 4.69) is 10.4 Å². The molecule has 0 atom stereocenters. The number of carbonyl (C=O) groups excluding carboxylic acids is 1. The van der Waals surface area contributed by atoms with Crippen molar-refractivity contribution in [2.75, 3.05) is 33.3 Å². The molecule has 0 bridgehead atoms. The predicted octanol–water partition coefficient (Wildman–Crippen LogP) is 2.12. The van der Waals surface area contributed by atoms with E-state index in [1.54, 1.807) is 38.4 Å². The van der Waals surface area contributed by atoms with Gasteiger partial charge < -0.3 is 19.5 Å². The number of hydrogen-bond acceptors (Lipinski definition) is 5. The van der Waals surface area contributed by atoms with Crippen LogP contribution in [0.2, 0.25) is 0 Å². The maximum absolute atomic E-state index is 12.1. The Hall–Kier alpha value is -2.54. The molecule has 7 heteroatoms. The van der Waals surface area contributed by atoms with Crippen molar-refractivity contribution in [2.24, 2.45) is 0 Å². The van der Waals surface area contributed by atoms with Gasteiger partial charge in [-0.3, -0.25) is 9.48 Å². The number of nitrogens with one attached hydrogen (secondary N) is 1. The number of nitrogens with zero attached hydrogens (tertiary/aromatic N) is 2. The number of rotatable bonds is 9. The summed E-state index contributed by atoms with van der Waals surface area (Å²) in [5.74, 6) is 1.28. The number of hydrogen-bond donors (Lipinski definition) is 1. The van der Waals surface area contributed by atoms with Crippen LogP contribution in [0.15, 0.2) is 30.6 Å². The molecule has 0 unspecified atom stereocenters. The van der Waals surface area contributed by atoms with Gasteiger partial charge in [-0.05, 0) is 24.1 Å². The Balaban J connectivity index is 1.85. The van der Waals surface area contributed by atoms with E-state index in [-0.39, 0.29) is 5.91 Å². The first-order chi connectivity index (χ1) is 11.7. The summed E-state index contributed by atoms with van der Waals surface area (Å²) in [5.41, 5.74) is 1.70. The second-order valence-corrected chi connectivity index (χ2v) is 5.22. The topological polar surface area (TPSA) is 74.6 Å². The highest BCUT2D eigenvalue weighted by Crippen LogP contribution is 2.27. The zero-order valence-electron chi connectivity index (χ0n) is 14.2. The Morgan fingerprint density at radius 3 is 2.71 bits per heavy atom. The third-order valence-corrected chi connectivity index (χ3v) is 3.53. The van der Waals surface area contributed by atoms with Gasteiger partial charge >= 0.3 is 0 Å². The first-order valence-electron chi connectivity index (χ1n) is 7.68. The highest BCUT2D eigenvalue weighted by Gasteiger charge is 2.08. The quantitative estimate of drug-likeness (QED) is 0.761. The van der Waals surface area contributed by atoms with Crippen LogP contribution in [-0.2, 0) is 22.5 Å². The molecule has 1 aromatic carbocycles. The monoisotopic (exact) mass is 333 g/mol. The largest absolute Gasteiger partial charge is 0.493 e. The lowest BCUT2D eigenvalue weighted by Gasteiger charge is -2.09. The molecule has 1 aromatic heterocycles. The molecule has 0 saturated carbocycles. The van der Waals surface area contributed by atoms with Gasteiger partial charge in [0.15, 0.2) is 11.5 Å². The number of amides is 1. The smallest absolute Gasteiger partial charge is 0.224 e. The number of anilines is 1. The van der Waals surface area contributed by atoms with E-state index < -0.39 is 0 Å². The van der Waals surface area contributed by atoms with Crippen LogP contribution in [0.4, 0.5) is 5.69 Å². The van der Waals surface area contributed by atoms with E-state index in [4.69, 9.17) is 14.2 Å². The second-order valence-electron chi connectivity index (χ2n) is 5.22. The normalized spacial score (nSPS) is 10.5. The van der Waals surface area contributed by atoms with Crippen molar-refractivity contribution >= 4 is 11.6 Å². The minimum atomic E-state index is -0.0592. The van der Waals surface area contributed by atoms with Crippen LogP contribution >= 0.6 is 0 Å². The maximum Gasteiger partial charge on any atom is 0.224 e. The second kappa shape index (κ2) is 8.93. The summed E-state index contributed by atoms with van der Waals surface area (Å²) < 4.78 is 17.2. The van der Waals surface area contributed by atoms with E-state index in [9.17, 15) is 4.79 Å². The van der Waals surface area contributed by atoms with Crippen molar-refractivity contribution in [3.63, 3.8) is 0 Å². The van der Waals surface area contributed by atoms with Crippen LogP contribution in [0, 0.1) is 0 Å². The van der Waals surface area contributed by atoms with Crippen LogP contribution in [0.3, 0.4) is 0 Å². The molecule has 1 heterocycles. The molecule has 2 rings (SSSR count). The molecule has 130 valence electrons. The minimum Gasteiger partial charge on any atom is -0.493 e. The van der Waals surface area contributed by atoms with Gasteiger partial charge in [0.1, 0.15) is 0 Å². The number of methoxy groups -OCH3 is 3. The van der Waals surface area contributed by atoms with E-state index in [1.165, 1.54) is 0 Å². The highest BCUT2D eigenvalue weighted by atomic mass is 16.5. The van der Waals surface area contributed by atoms with Crippen molar-refractivity contribution in [2.45, 2.75) is 19.4 Å². The Morgan fingerprint density at radius 1 is 1.21 bits per heavy atom. The molecular weight excluding hydrogens is 310 g/mol. The molecular formula is C17H23N3O4. The lowest BCUT2D eigenvalue weighted by atomic mass is 10.1. The van der Waals surface area contributed by atoms with Crippen LogP contribution in [-0.4, -0.2) is 43.6 Å². The molecule has 0 saturated heterocycles. The summed E-state index contributed by atoms with van der Waals surface area (Å²) in [5, 5.41) is 7.00. The zero-order chi connectivity index (χ0) is 17.4. The fraction of sp³-hybridized carbons (Fsp3) is 0.412. The molecule has 24 heavy (non-hydrogen) atoms. The average Bonchev–Trinajstić information content (AvgIpc) is 3.05. The third kappa shape index (κ3) is 4.99. The Bertz CT molecular complexity index is 670. The zero-order valence-corrected chi connectivity index (χ0v) is 14.2. The summed E-state index contributed by atoms with van der Waals surface area (Å²) in [6, 6.07) is 5.65. The summed E-state index contributed by atoms with van der Waals surface area (Å²) in [7, 11) is 4.83. The van der Waals surface area contributed by atoms with E-state index in [1.807, 2.05) is 18.2 Å². The van der Waals surface area contributed by atoms with Crippen LogP contribution in [0.1, 0.15) is 12.0 Å². The summed E-state index contributed by atoms with van der Waals surface area (Å²) in [4.78, 5) is 12.1. The molecule has 0 aliphatic heterocycles. The van der Waals surface area contributed by atoms with E-state index >= 15 is 0 Å². The van der Waals surface area contributed by atoms with Crippen molar-refractivity contribution in [3.8, 4) is 11.5 Å². The molecule has 1 N–H and O–H groups in total. The van der Waals surface area contributed by atoms with Gasteiger partial charge in [0.05, 0.1) is 39.3 Å². The SMILES string of the molecule is COCCn1cc(NC(=O)CCc2ccc(OC)c(OC)c2)cn1. The van der Waals surface area contributed by atoms with Gasteiger partial charge in [-0.15, -0.1) is 0 Å². The predicted molar refractivity (Wildman–Crippen MR) is 90.6 cm³/mol. The van der Waals surface area contributed by atoms with Crippen LogP contribution in [0.25, 0.3) is 0 Å². The third-order valence-electron chi connectivity index (χ3n) is 3.53. The summed E-state index contributed by atoms with van der Waals surface area (Å²) >= 11 is 0. The lowest BCUT2D eigenvalue weighted by molar-refractivity contribution is -0.116. The maximum atomic E-state index is 12.1. The number of carbonyl (C=O) groups is 1. The molecule has 2 aromatic rings. The Morgan fingerprint density at radius 2 is 2.00 bits per heavy atom. The fourth-order valence-corrected chi connectivity index (χ4v) is 2.25. The Labute approximate surface area is 141 Å². The number of benzene rings is 1. The van der Waals surface area contributed by atoms with Gasteiger partial charge in [0, 0.05) is 19.7 Å². The molecule has 0 radical (unpaired) electrons. The lowest BCUT2D eigenvalue weighted by Crippen LogP contribution is -2.12. The summed E-state index contributed by atoms with van der Waals surface area (Å²) in [6.07, 6.45) is 4.40. The van der Waals surface area contributed by atoms with E-state index in [0.717, 1.165) is 5.56 Å². The minimum absolute atomic E-state index is 0.0592. The highest BCUT2D eigenvalue weighted by molar-refractivity contribution is 5.90. The van der Waals surface area contributed by atoms with Gasteiger partial charge in [-0.25, -0.2) is 0 Å². The van der Waals surface area contributed by atoms with Gasteiger partial charge in [0.25, 0.3) is 0 Å². The number of ether oxygens (including phenoxy) is 3. The fourth-order valence-electron chi connectivity index (χ4n) is 2.25. The first-order valence-corrected chi connectivity index (χ1v) is 7.68. The average molecular weight is 333 g/mol. The number of aryl methyl sites for hydroxylation is 1. The molecule has 1 amide bonds. The number of aromatic nitrogens is 2. The van der Waals surface area contributed by atoms with Gasteiger partial charge in [-0.1, -0.05) is 6.07 Å². The van der Waals surface area contributed by atoms with Gasteiger partial charge in [-0.2, -0.15) is 5.10 Å². The standard InChI is InChI=1S/C17H23N3O4/c1-22-9-8-20-12-14(11-18-20)19-17(21)7-5-13-4-6-15(23-2)16(10-13)24-3/h4,6,10-12H,5,7-9H2,1-3H3,(H,19,21). The van der Waals surface area contributed by atoms with Crippen molar-refractivity contribution in [1.29, 1.82) is 0 Å². The first kappa shape index (κ1) is 17.8. The summed E-state index contributed by atoms with van der Waals surface area (Å²) in [6.45, 7) is 1.23.